The van der Waals surface area contributed by atoms with Crippen LogP contribution in [0.5, 0.6) is 0 Å². The minimum Gasteiger partial charge on any atom is -0.383 e. The van der Waals surface area contributed by atoms with Crippen LogP contribution in [0.15, 0.2) is 113 Å². The number of ether oxygens (including phenoxy) is 1. The van der Waals surface area contributed by atoms with Crippen molar-refractivity contribution in [2.75, 3.05) is 20.3 Å². The molecule has 0 radical (unpaired) electrons. The van der Waals surface area contributed by atoms with Gasteiger partial charge in [-0.15, -0.1) is 0 Å². The summed E-state index contributed by atoms with van der Waals surface area (Å²) in [4.78, 5) is 20.6. The largest absolute Gasteiger partial charge is 0.383 e. The highest BCUT2D eigenvalue weighted by molar-refractivity contribution is 8.18. The predicted molar refractivity (Wildman–Crippen MR) is 158 cm³/mol. The highest BCUT2D eigenvalue weighted by Crippen LogP contribution is 2.35. The lowest BCUT2D eigenvalue weighted by molar-refractivity contribution is -0.122. The van der Waals surface area contributed by atoms with Gasteiger partial charge in [0.25, 0.3) is 5.91 Å². The normalized spacial score (nSPS) is 15.9. The molecule has 6 heteroatoms. The second-order valence-electron chi connectivity index (χ2n) is 9.20. The molecule has 1 aromatic heterocycles. The molecule has 6 rings (SSSR count). The summed E-state index contributed by atoms with van der Waals surface area (Å²) in [7, 11) is 1.64. The lowest BCUT2D eigenvalue weighted by Gasteiger charge is -2.14. The van der Waals surface area contributed by atoms with Crippen LogP contribution in [0.1, 0.15) is 11.1 Å². The summed E-state index contributed by atoms with van der Waals surface area (Å²) in [5.41, 5.74) is 4.21. The molecule has 1 fully saturated rings. The summed E-state index contributed by atoms with van der Waals surface area (Å²) in [6.07, 6.45) is 4.14. The smallest absolute Gasteiger partial charge is 0.266 e. The van der Waals surface area contributed by atoms with Gasteiger partial charge in [-0.25, -0.2) is 4.99 Å². The first-order chi connectivity index (χ1) is 18.7. The highest BCUT2D eigenvalue weighted by atomic mass is 32.2. The second kappa shape index (κ2) is 10.7. The number of carbonyl (C=O) groups is 1. The molecule has 5 aromatic rings. The average molecular weight is 518 g/mol. The Bertz CT molecular complexity index is 1690. The number of aromatic nitrogens is 1. The number of rotatable bonds is 7. The Morgan fingerprint density at radius 3 is 2.50 bits per heavy atom. The Hall–Kier alpha value is -4.13. The van der Waals surface area contributed by atoms with Crippen LogP contribution in [-0.4, -0.2) is 40.8 Å². The molecule has 0 atom stereocenters. The molecule has 1 aliphatic heterocycles. The van der Waals surface area contributed by atoms with Crippen molar-refractivity contribution in [3.05, 3.63) is 119 Å². The number of amidine groups is 1. The maximum Gasteiger partial charge on any atom is 0.266 e. The summed E-state index contributed by atoms with van der Waals surface area (Å²) >= 11 is 1.41. The standard InChI is InChI=1S/C32H27N3O2S/c1-37-18-17-35-31(36)30(38-32(35)33-27-11-3-2-4-12-27)20-26-22-34(29-14-8-7-13-28(26)29)21-23-15-16-24-9-5-6-10-25(24)19-23/h2-16,19-20,22H,17-18,21H2,1H3. The topological polar surface area (TPSA) is 46.8 Å². The van der Waals surface area contributed by atoms with E-state index in [9.17, 15) is 4.79 Å². The third kappa shape index (κ3) is 4.88. The van der Waals surface area contributed by atoms with Gasteiger partial charge in [-0.1, -0.05) is 72.8 Å². The monoisotopic (exact) mass is 517 g/mol. The van der Waals surface area contributed by atoms with E-state index in [0.717, 1.165) is 28.7 Å². The maximum atomic E-state index is 13.5. The van der Waals surface area contributed by atoms with E-state index in [-0.39, 0.29) is 5.91 Å². The number of amides is 1. The van der Waals surface area contributed by atoms with Crippen molar-refractivity contribution in [2.24, 2.45) is 4.99 Å². The molecule has 0 N–H and O–H groups in total. The van der Waals surface area contributed by atoms with Crippen LogP contribution in [0, 0.1) is 0 Å². The molecular formula is C32H27N3O2S. The van der Waals surface area contributed by atoms with E-state index in [2.05, 4.69) is 71.4 Å². The van der Waals surface area contributed by atoms with Gasteiger partial charge in [0.15, 0.2) is 5.17 Å². The summed E-state index contributed by atoms with van der Waals surface area (Å²) in [5.74, 6) is -0.0481. The maximum absolute atomic E-state index is 13.5. The van der Waals surface area contributed by atoms with Crippen LogP contribution >= 0.6 is 11.8 Å². The van der Waals surface area contributed by atoms with Crippen molar-refractivity contribution < 1.29 is 9.53 Å². The zero-order valence-electron chi connectivity index (χ0n) is 21.1. The fourth-order valence-corrected chi connectivity index (χ4v) is 5.80. The molecule has 0 spiro atoms. The van der Waals surface area contributed by atoms with Gasteiger partial charge in [-0.2, -0.15) is 0 Å². The van der Waals surface area contributed by atoms with Crippen LogP contribution in [0.4, 0.5) is 5.69 Å². The van der Waals surface area contributed by atoms with Gasteiger partial charge in [-0.05, 0) is 58.4 Å². The lowest BCUT2D eigenvalue weighted by atomic mass is 10.1. The van der Waals surface area contributed by atoms with E-state index in [4.69, 9.17) is 9.73 Å². The number of nitrogens with zero attached hydrogens (tertiary/aromatic N) is 3. The van der Waals surface area contributed by atoms with E-state index in [1.165, 1.54) is 28.1 Å². The van der Waals surface area contributed by atoms with Gasteiger partial charge in [-0.3, -0.25) is 9.69 Å². The summed E-state index contributed by atoms with van der Waals surface area (Å²) in [5, 5.41) is 4.26. The Balaban J connectivity index is 1.36. The molecule has 2 heterocycles. The van der Waals surface area contributed by atoms with E-state index in [0.29, 0.717) is 23.2 Å². The van der Waals surface area contributed by atoms with Crippen molar-refractivity contribution in [1.29, 1.82) is 0 Å². The van der Waals surface area contributed by atoms with E-state index in [1.54, 1.807) is 12.0 Å². The number of benzene rings is 4. The molecule has 1 saturated heterocycles. The zero-order valence-corrected chi connectivity index (χ0v) is 21.9. The zero-order chi connectivity index (χ0) is 25.9. The predicted octanol–water partition coefficient (Wildman–Crippen LogP) is 7.09. The number of thioether (sulfide) groups is 1. The van der Waals surface area contributed by atoms with E-state index < -0.39 is 0 Å². The second-order valence-corrected chi connectivity index (χ2v) is 10.2. The van der Waals surface area contributed by atoms with Crippen LogP contribution < -0.4 is 0 Å². The number of hydrogen-bond donors (Lipinski definition) is 0. The van der Waals surface area contributed by atoms with Gasteiger partial charge in [0.2, 0.25) is 0 Å². The molecule has 0 unspecified atom stereocenters. The van der Waals surface area contributed by atoms with Crippen molar-refractivity contribution >= 4 is 56.3 Å². The van der Waals surface area contributed by atoms with Crippen LogP contribution in [-0.2, 0) is 16.1 Å². The van der Waals surface area contributed by atoms with Gasteiger partial charge in [0, 0.05) is 36.3 Å². The molecule has 4 aromatic carbocycles. The Morgan fingerprint density at radius 1 is 0.895 bits per heavy atom. The lowest BCUT2D eigenvalue weighted by Crippen LogP contribution is -2.32. The number of hydrogen-bond acceptors (Lipinski definition) is 4. The molecule has 1 amide bonds. The van der Waals surface area contributed by atoms with Crippen molar-refractivity contribution in [2.45, 2.75) is 6.54 Å². The van der Waals surface area contributed by atoms with Gasteiger partial charge < -0.3 is 9.30 Å². The third-order valence-electron chi connectivity index (χ3n) is 6.66. The summed E-state index contributed by atoms with van der Waals surface area (Å²) in [6.45, 7) is 1.64. The average Bonchev–Trinajstić information content (AvgIpc) is 3.44. The molecule has 188 valence electrons. The fourth-order valence-electron chi connectivity index (χ4n) is 4.78. The van der Waals surface area contributed by atoms with Crippen molar-refractivity contribution in [3.63, 3.8) is 0 Å². The van der Waals surface area contributed by atoms with Crippen LogP contribution in [0.25, 0.3) is 27.8 Å². The summed E-state index contributed by atoms with van der Waals surface area (Å²) in [6, 6.07) is 33.1. The molecule has 0 saturated carbocycles. The first kappa shape index (κ1) is 24.2. The highest BCUT2D eigenvalue weighted by Gasteiger charge is 2.33. The Kier molecular flexibility index (Phi) is 6.82. The van der Waals surface area contributed by atoms with Crippen LogP contribution in [0.2, 0.25) is 0 Å². The van der Waals surface area contributed by atoms with Gasteiger partial charge in [0.1, 0.15) is 0 Å². The number of aliphatic imine (C=N–C) groups is 1. The number of para-hydroxylation sites is 2. The first-order valence-corrected chi connectivity index (χ1v) is 13.4. The SMILES string of the molecule is COCCN1C(=O)C(=Cc2cn(Cc3ccc4ccccc4c3)c3ccccc23)SC1=Nc1ccccc1. The van der Waals surface area contributed by atoms with E-state index in [1.807, 2.05) is 42.5 Å². The molecular weight excluding hydrogens is 490 g/mol. The number of carbonyl (C=O) groups excluding carboxylic acids is 1. The molecule has 38 heavy (non-hydrogen) atoms. The van der Waals surface area contributed by atoms with Crippen molar-refractivity contribution in [3.8, 4) is 0 Å². The molecule has 5 nitrogen and oxygen atoms in total. The van der Waals surface area contributed by atoms with Crippen molar-refractivity contribution in [1.82, 2.24) is 9.47 Å². The molecule has 0 aliphatic carbocycles. The van der Waals surface area contributed by atoms with E-state index >= 15 is 0 Å². The number of fused-ring (bicyclic) bond motifs is 2. The molecule has 0 bridgehead atoms. The summed E-state index contributed by atoms with van der Waals surface area (Å²) < 4.78 is 7.53. The fraction of sp³-hybridized carbons (Fsp3) is 0.125. The first-order valence-electron chi connectivity index (χ1n) is 12.6. The Labute approximate surface area is 226 Å². The van der Waals surface area contributed by atoms with Gasteiger partial charge >= 0.3 is 0 Å². The third-order valence-corrected chi connectivity index (χ3v) is 7.67. The quantitative estimate of drug-likeness (QED) is 0.217. The molecule has 1 aliphatic rings. The van der Waals surface area contributed by atoms with Gasteiger partial charge in [0.05, 0.1) is 23.7 Å². The van der Waals surface area contributed by atoms with Crippen LogP contribution in [0.3, 0.4) is 0 Å². The minimum atomic E-state index is -0.0481. The minimum absolute atomic E-state index is 0.0481. The number of methoxy groups -OCH3 is 1. The Morgan fingerprint density at radius 2 is 1.66 bits per heavy atom.